The molecule has 2 saturated heterocycles. The first kappa shape index (κ1) is 16.9. The summed E-state index contributed by atoms with van der Waals surface area (Å²) in [6.07, 6.45) is 4.52. The highest BCUT2D eigenvalue weighted by atomic mass is 79.9. The van der Waals surface area contributed by atoms with E-state index in [4.69, 9.17) is 0 Å². The van der Waals surface area contributed by atoms with Gasteiger partial charge in [0, 0.05) is 24.1 Å². The van der Waals surface area contributed by atoms with Gasteiger partial charge in [-0.3, -0.25) is 9.69 Å². The van der Waals surface area contributed by atoms with Crippen LogP contribution in [0, 0.1) is 5.92 Å². The smallest absolute Gasteiger partial charge is 0.237 e. The molecule has 2 aliphatic rings. The molecule has 1 aromatic rings. The van der Waals surface area contributed by atoms with Gasteiger partial charge in [0.2, 0.25) is 5.91 Å². The Hall–Kier alpha value is -0.910. The van der Waals surface area contributed by atoms with Gasteiger partial charge in [-0.1, -0.05) is 28.1 Å². The number of nitrogens with zero attached hydrogens (tertiary/aromatic N) is 1. The average Bonchev–Trinajstić information content (AvgIpc) is 3.07. The molecule has 2 aliphatic heterocycles. The van der Waals surface area contributed by atoms with Crippen LogP contribution in [0.1, 0.15) is 31.2 Å². The molecule has 0 aliphatic carbocycles. The fourth-order valence-corrected chi connectivity index (χ4v) is 4.08. The largest absolute Gasteiger partial charge is 0.354 e. The summed E-state index contributed by atoms with van der Waals surface area (Å²) in [6.45, 7) is 5.01. The molecule has 1 amide bonds. The lowest BCUT2D eigenvalue weighted by atomic mass is 9.97. The van der Waals surface area contributed by atoms with Gasteiger partial charge < -0.3 is 10.6 Å². The Morgan fingerprint density at radius 2 is 2.26 bits per heavy atom. The Morgan fingerprint density at radius 1 is 1.35 bits per heavy atom. The lowest BCUT2D eigenvalue weighted by Gasteiger charge is -2.33. The molecule has 1 aromatic carbocycles. The van der Waals surface area contributed by atoms with Crippen LogP contribution in [0.5, 0.6) is 0 Å². The van der Waals surface area contributed by atoms with Crippen LogP contribution in [-0.2, 0) is 11.3 Å². The van der Waals surface area contributed by atoms with Gasteiger partial charge in [0.15, 0.2) is 0 Å². The van der Waals surface area contributed by atoms with Gasteiger partial charge in [-0.2, -0.15) is 0 Å². The van der Waals surface area contributed by atoms with Crippen LogP contribution < -0.4 is 10.6 Å². The van der Waals surface area contributed by atoms with E-state index in [-0.39, 0.29) is 11.9 Å². The van der Waals surface area contributed by atoms with Crippen molar-refractivity contribution in [3.63, 3.8) is 0 Å². The van der Waals surface area contributed by atoms with Crippen molar-refractivity contribution in [3.05, 3.63) is 34.3 Å². The molecule has 0 aromatic heterocycles. The van der Waals surface area contributed by atoms with Crippen LogP contribution in [0.15, 0.2) is 28.7 Å². The zero-order valence-electron chi connectivity index (χ0n) is 13.6. The van der Waals surface area contributed by atoms with Crippen molar-refractivity contribution in [1.29, 1.82) is 0 Å². The third-order valence-corrected chi connectivity index (χ3v) is 5.33. The zero-order valence-corrected chi connectivity index (χ0v) is 15.1. The van der Waals surface area contributed by atoms with Crippen molar-refractivity contribution in [2.45, 2.75) is 38.3 Å². The Bertz CT molecular complexity index is 531. The Morgan fingerprint density at radius 3 is 3.04 bits per heavy atom. The number of benzene rings is 1. The first-order valence-electron chi connectivity index (χ1n) is 8.68. The second-order valence-electron chi connectivity index (χ2n) is 6.77. The van der Waals surface area contributed by atoms with Gasteiger partial charge in [0.05, 0.1) is 6.04 Å². The van der Waals surface area contributed by atoms with Crippen molar-refractivity contribution < 1.29 is 4.79 Å². The van der Waals surface area contributed by atoms with E-state index in [1.165, 1.54) is 18.4 Å². The van der Waals surface area contributed by atoms with Gasteiger partial charge in [-0.15, -0.1) is 0 Å². The molecule has 0 bridgehead atoms. The summed E-state index contributed by atoms with van der Waals surface area (Å²) < 4.78 is 1.14. The van der Waals surface area contributed by atoms with E-state index < -0.39 is 0 Å². The first-order valence-corrected chi connectivity index (χ1v) is 9.48. The number of hydrogen-bond acceptors (Lipinski definition) is 3. The Kier molecular flexibility index (Phi) is 6.08. The molecule has 2 N–H and O–H groups in total. The molecule has 0 saturated carbocycles. The minimum atomic E-state index is 0.0383. The van der Waals surface area contributed by atoms with Crippen molar-refractivity contribution in [1.82, 2.24) is 15.5 Å². The maximum atomic E-state index is 12.1. The summed E-state index contributed by atoms with van der Waals surface area (Å²) in [4.78, 5) is 14.6. The third-order valence-electron chi connectivity index (χ3n) is 4.84. The number of carbonyl (C=O) groups is 1. The van der Waals surface area contributed by atoms with E-state index in [2.05, 4.69) is 55.7 Å². The van der Waals surface area contributed by atoms with E-state index in [0.29, 0.717) is 5.92 Å². The van der Waals surface area contributed by atoms with Crippen LogP contribution in [0.3, 0.4) is 0 Å². The van der Waals surface area contributed by atoms with Crippen molar-refractivity contribution in [3.8, 4) is 0 Å². The van der Waals surface area contributed by atoms with E-state index in [1.54, 1.807) is 0 Å². The molecule has 126 valence electrons. The molecule has 2 fully saturated rings. The molecule has 2 heterocycles. The Balaban J connectivity index is 1.45. The maximum Gasteiger partial charge on any atom is 0.237 e. The molecule has 0 spiro atoms. The van der Waals surface area contributed by atoms with Gasteiger partial charge in [0.25, 0.3) is 0 Å². The summed E-state index contributed by atoms with van der Waals surface area (Å²) in [5.74, 6) is 0.757. The van der Waals surface area contributed by atoms with E-state index in [1.807, 2.05) is 0 Å². The third kappa shape index (κ3) is 5.03. The predicted octanol–water partition coefficient (Wildman–Crippen LogP) is 2.53. The molecule has 0 radical (unpaired) electrons. The lowest BCUT2D eigenvalue weighted by Crippen LogP contribution is -2.45. The lowest BCUT2D eigenvalue weighted by molar-refractivity contribution is -0.123. The minimum Gasteiger partial charge on any atom is -0.354 e. The summed E-state index contributed by atoms with van der Waals surface area (Å²) in [6, 6.07) is 8.57. The maximum absolute atomic E-state index is 12.1. The van der Waals surface area contributed by atoms with Gasteiger partial charge in [0.1, 0.15) is 0 Å². The molecule has 3 rings (SSSR count). The quantitative estimate of drug-likeness (QED) is 0.825. The second-order valence-corrected chi connectivity index (χ2v) is 7.68. The average molecular weight is 380 g/mol. The van der Waals surface area contributed by atoms with Crippen molar-refractivity contribution in [2.24, 2.45) is 5.92 Å². The molecular weight excluding hydrogens is 354 g/mol. The van der Waals surface area contributed by atoms with E-state index >= 15 is 0 Å². The second kappa shape index (κ2) is 8.27. The fraction of sp³-hybridized carbons (Fsp3) is 0.611. The first-order chi connectivity index (χ1) is 11.2. The number of hydrogen-bond donors (Lipinski definition) is 2. The molecule has 2 atom stereocenters. The number of nitrogens with one attached hydrogen (secondary N) is 2. The van der Waals surface area contributed by atoms with Crippen LogP contribution in [0.4, 0.5) is 0 Å². The highest BCUT2D eigenvalue weighted by Gasteiger charge is 2.24. The van der Waals surface area contributed by atoms with E-state index in [9.17, 15) is 4.79 Å². The van der Waals surface area contributed by atoms with E-state index in [0.717, 1.165) is 50.0 Å². The summed E-state index contributed by atoms with van der Waals surface area (Å²) >= 11 is 3.54. The SMILES string of the molecule is O=C(NCC1CCCN(Cc2cccc(Br)c2)C1)C1CCCN1. The van der Waals surface area contributed by atoms with Crippen LogP contribution in [0.25, 0.3) is 0 Å². The standard InChI is InChI=1S/C18H26BrN3O/c19-16-6-1-4-14(10-16)12-22-9-3-5-15(13-22)11-21-18(23)17-7-2-8-20-17/h1,4,6,10,15,17,20H,2-3,5,7-9,11-13H2,(H,21,23). The topological polar surface area (TPSA) is 44.4 Å². The molecule has 23 heavy (non-hydrogen) atoms. The number of amides is 1. The number of carbonyl (C=O) groups excluding carboxylic acids is 1. The minimum absolute atomic E-state index is 0.0383. The number of likely N-dealkylation sites (tertiary alicyclic amines) is 1. The van der Waals surface area contributed by atoms with Crippen LogP contribution in [0.2, 0.25) is 0 Å². The highest BCUT2D eigenvalue weighted by molar-refractivity contribution is 9.10. The summed E-state index contributed by atoms with van der Waals surface area (Å²) in [5.41, 5.74) is 1.35. The van der Waals surface area contributed by atoms with Gasteiger partial charge in [-0.25, -0.2) is 0 Å². The van der Waals surface area contributed by atoms with Crippen LogP contribution in [-0.4, -0.2) is 43.0 Å². The highest BCUT2D eigenvalue weighted by Crippen LogP contribution is 2.20. The normalized spacial score (nSPS) is 25.4. The number of rotatable bonds is 5. The van der Waals surface area contributed by atoms with Crippen molar-refractivity contribution >= 4 is 21.8 Å². The molecular formula is C18H26BrN3O. The monoisotopic (exact) mass is 379 g/mol. The van der Waals surface area contributed by atoms with Crippen LogP contribution >= 0.6 is 15.9 Å². The van der Waals surface area contributed by atoms with Gasteiger partial charge in [-0.05, 0) is 62.4 Å². The number of piperidine rings is 1. The summed E-state index contributed by atoms with van der Waals surface area (Å²) in [7, 11) is 0. The predicted molar refractivity (Wildman–Crippen MR) is 96.2 cm³/mol. The fourth-order valence-electron chi connectivity index (χ4n) is 3.63. The zero-order chi connectivity index (χ0) is 16.1. The molecule has 2 unspecified atom stereocenters. The van der Waals surface area contributed by atoms with Gasteiger partial charge >= 0.3 is 0 Å². The molecule has 4 nitrogen and oxygen atoms in total. The summed E-state index contributed by atoms with van der Waals surface area (Å²) in [5, 5.41) is 6.42. The Labute approximate surface area is 147 Å². The van der Waals surface area contributed by atoms with Crippen molar-refractivity contribution in [2.75, 3.05) is 26.2 Å². The molecule has 5 heteroatoms. The number of halogens is 1.